The number of rotatable bonds is 5. The number of carbonyl (C=O) groups is 1. The molecule has 0 saturated carbocycles. The molecule has 3 aromatic rings. The summed E-state index contributed by atoms with van der Waals surface area (Å²) in [7, 11) is 0. The van der Waals surface area contributed by atoms with E-state index in [0.29, 0.717) is 15.9 Å². The Balaban J connectivity index is 1.62. The first kappa shape index (κ1) is 17.9. The van der Waals surface area contributed by atoms with Crippen molar-refractivity contribution in [3.8, 4) is 17.0 Å². The van der Waals surface area contributed by atoms with E-state index in [2.05, 4.69) is 26.2 Å². The number of carbonyl (C=O) groups excluding carboxylic acids is 1. The van der Waals surface area contributed by atoms with Crippen molar-refractivity contribution in [1.29, 1.82) is 0 Å². The average molecular weight is 438 g/mol. The quantitative estimate of drug-likeness (QED) is 0.569. The third-order valence-electron chi connectivity index (χ3n) is 3.34. The Hall–Kier alpha value is -1.89. The second-order valence-corrected chi connectivity index (χ2v) is 7.78. The molecule has 0 fully saturated rings. The Bertz CT molecular complexity index is 879. The molecule has 0 aliphatic rings. The van der Waals surface area contributed by atoms with E-state index >= 15 is 0 Å². The number of aryl methyl sites for hydroxylation is 1. The Morgan fingerprint density at radius 1 is 1.20 bits per heavy atom. The maximum atomic E-state index is 12.1. The monoisotopic (exact) mass is 436 g/mol. The minimum absolute atomic E-state index is 0.0894. The fourth-order valence-electron chi connectivity index (χ4n) is 2.16. The van der Waals surface area contributed by atoms with E-state index in [1.165, 1.54) is 11.3 Å². The van der Waals surface area contributed by atoms with Crippen LogP contribution in [0.1, 0.15) is 4.88 Å². The van der Waals surface area contributed by atoms with Gasteiger partial charge < -0.3 is 4.74 Å². The Morgan fingerprint density at radius 2 is 1.88 bits per heavy atom. The lowest BCUT2D eigenvalue weighted by Crippen LogP contribution is -2.20. The molecule has 25 heavy (non-hydrogen) atoms. The number of amides is 1. The van der Waals surface area contributed by atoms with Crippen molar-refractivity contribution >= 4 is 49.9 Å². The van der Waals surface area contributed by atoms with E-state index in [4.69, 9.17) is 16.3 Å². The van der Waals surface area contributed by atoms with Gasteiger partial charge in [0.1, 0.15) is 5.75 Å². The first-order valence-electron chi connectivity index (χ1n) is 7.43. The predicted molar refractivity (Wildman–Crippen MR) is 106 cm³/mol. The van der Waals surface area contributed by atoms with Crippen LogP contribution < -0.4 is 10.1 Å². The Labute approximate surface area is 162 Å². The number of ether oxygens (including phenoxy) is 1. The van der Waals surface area contributed by atoms with Gasteiger partial charge in [0.05, 0.1) is 5.69 Å². The lowest BCUT2D eigenvalue weighted by molar-refractivity contribution is -0.118. The highest BCUT2D eigenvalue weighted by molar-refractivity contribution is 9.10. The molecule has 0 unspecified atom stereocenters. The summed E-state index contributed by atoms with van der Waals surface area (Å²) in [5.74, 6) is 0.330. The zero-order chi connectivity index (χ0) is 17.8. The average Bonchev–Trinajstić information content (AvgIpc) is 2.95. The van der Waals surface area contributed by atoms with E-state index in [1.807, 2.05) is 31.2 Å². The molecule has 1 aromatic heterocycles. The number of nitrogens with zero attached hydrogens (tertiary/aromatic N) is 1. The Morgan fingerprint density at radius 3 is 2.56 bits per heavy atom. The fraction of sp³-hybridized carbons (Fsp3) is 0.111. The molecule has 7 heteroatoms. The SMILES string of the molecule is Cc1sc(NC(=O)COc2ccc(Cl)cc2)nc1-c1ccc(Br)cc1. The number of hydrogen-bond acceptors (Lipinski definition) is 4. The highest BCUT2D eigenvalue weighted by Crippen LogP contribution is 2.31. The van der Waals surface area contributed by atoms with E-state index in [1.54, 1.807) is 24.3 Å². The molecule has 128 valence electrons. The largest absolute Gasteiger partial charge is 0.484 e. The molecule has 0 radical (unpaired) electrons. The van der Waals surface area contributed by atoms with Crippen LogP contribution in [0.5, 0.6) is 5.75 Å². The molecular weight excluding hydrogens is 424 g/mol. The fourth-order valence-corrected chi connectivity index (χ4v) is 3.40. The highest BCUT2D eigenvalue weighted by Gasteiger charge is 2.12. The van der Waals surface area contributed by atoms with Gasteiger partial charge in [-0.2, -0.15) is 0 Å². The van der Waals surface area contributed by atoms with Crippen molar-refractivity contribution in [2.75, 3.05) is 11.9 Å². The molecule has 0 atom stereocenters. The van der Waals surface area contributed by atoms with Gasteiger partial charge in [-0.15, -0.1) is 11.3 Å². The van der Waals surface area contributed by atoms with Crippen LogP contribution in [0.4, 0.5) is 5.13 Å². The third-order valence-corrected chi connectivity index (χ3v) is 5.01. The van der Waals surface area contributed by atoms with Crippen molar-refractivity contribution in [2.45, 2.75) is 6.92 Å². The number of aromatic nitrogens is 1. The van der Waals surface area contributed by atoms with Gasteiger partial charge in [-0.3, -0.25) is 10.1 Å². The molecule has 0 saturated heterocycles. The van der Waals surface area contributed by atoms with Gasteiger partial charge in [0.25, 0.3) is 5.91 Å². The van der Waals surface area contributed by atoms with Gasteiger partial charge in [-0.25, -0.2) is 4.98 Å². The van der Waals surface area contributed by atoms with Crippen LogP contribution >= 0.6 is 38.9 Å². The van der Waals surface area contributed by atoms with Crippen LogP contribution in [0.2, 0.25) is 5.02 Å². The van der Waals surface area contributed by atoms with Crippen molar-refractivity contribution in [2.24, 2.45) is 0 Å². The summed E-state index contributed by atoms with van der Waals surface area (Å²) in [4.78, 5) is 17.6. The van der Waals surface area contributed by atoms with Crippen LogP contribution in [-0.2, 0) is 4.79 Å². The normalized spacial score (nSPS) is 10.5. The third kappa shape index (κ3) is 4.81. The highest BCUT2D eigenvalue weighted by atomic mass is 79.9. The van der Waals surface area contributed by atoms with Gasteiger partial charge >= 0.3 is 0 Å². The van der Waals surface area contributed by atoms with Gasteiger partial charge in [0.2, 0.25) is 0 Å². The molecule has 3 rings (SSSR count). The number of anilines is 1. The maximum Gasteiger partial charge on any atom is 0.264 e. The first-order valence-corrected chi connectivity index (χ1v) is 9.41. The number of nitrogens with one attached hydrogen (secondary N) is 1. The molecule has 0 bridgehead atoms. The van der Waals surface area contributed by atoms with Crippen molar-refractivity contribution in [1.82, 2.24) is 4.98 Å². The summed E-state index contributed by atoms with van der Waals surface area (Å²) < 4.78 is 6.44. The second-order valence-electron chi connectivity index (χ2n) is 5.22. The van der Waals surface area contributed by atoms with Crippen LogP contribution in [0.3, 0.4) is 0 Å². The van der Waals surface area contributed by atoms with Crippen molar-refractivity contribution < 1.29 is 9.53 Å². The van der Waals surface area contributed by atoms with Crippen LogP contribution in [0.15, 0.2) is 53.0 Å². The van der Waals surface area contributed by atoms with Gasteiger partial charge in [0.15, 0.2) is 11.7 Å². The number of halogens is 2. The smallest absolute Gasteiger partial charge is 0.264 e. The minimum atomic E-state index is -0.258. The zero-order valence-corrected chi connectivity index (χ0v) is 16.4. The van der Waals surface area contributed by atoms with Crippen LogP contribution in [0, 0.1) is 6.92 Å². The number of hydrogen-bond donors (Lipinski definition) is 1. The van der Waals surface area contributed by atoms with E-state index in [9.17, 15) is 4.79 Å². The van der Waals surface area contributed by atoms with E-state index < -0.39 is 0 Å². The first-order chi connectivity index (χ1) is 12.0. The standard InChI is InChI=1S/C18H14BrClN2O2S/c1-11-17(12-2-4-13(19)5-3-12)22-18(25-11)21-16(23)10-24-15-8-6-14(20)7-9-15/h2-9H,10H2,1H3,(H,21,22,23). The second kappa shape index (κ2) is 7.99. The van der Waals surface area contributed by atoms with E-state index in [0.717, 1.165) is 20.6 Å². The summed E-state index contributed by atoms with van der Waals surface area (Å²) in [6.07, 6.45) is 0. The molecule has 1 amide bonds. The van der Waals surface area contributed by atoms with E-state index in [-0.39, 0.29) is 12.5 Å². The lowest BCUT2D eigenvalue weighted by Gasteiger charge is -2.05. The summed E-state index contributed by atoms with van der Waals surface area (Å²) in [5.41, 5.74) is 1.88. The summed E-state index contributed by atoms with van der Waals surface area (Å²) in [6.45, 7) is 1.89. The topological polar surface area (TPSA) is 51.2 Å². The van der Waals surface area contributed by atoms with Crippen molar-refractivity contribution in [3.63, 3.8) is 0 Å². The van der Waals surface area contributed by atoms with Crippen molar-refractivity contribution in [3.05, 3.63) is 62.9 Å². The summed E-state index contributed by atoms with van der Waals surface area (Å²) in [5, 5.41) is 3.95. The zero-order valence-electron chi connectivity index (χ0n) is 13.3. The lowest BCUT2D eigenvalue weighted by atomic mass is 10.1. The summed E-state index contributed by atoms with van der Waals surface area (Å²) in [6, 6.07) is 14.8. The van der Waals surface area contributed by atoms with Crippen LogP contribution in [-0.4, -0.2) is 17.5 Å². The molecule has 0 spiro atoms. The predicted octanol–water partition coefficient (Wildman–Crippen LogP) is 5.55. The minimum Gasteiger partial charge on any atom is -0.484 e. The molecule has 2 aromatic carbocycles. The molecule has 4 nitrogen and oxygen atoms in total. The van der Waals surface area contributed by atoms with Crippen LogP contribution in [0.25, 0.3) is 11.3 Å². The van der Waals surface area contributed by atoms with Gasteiger partial charge in [0, 0.05) is 19.9 Å². The summed E-state index contributed by atoms with van der Waals surface area (Å²) >= 11 is 10.7. The van der Waals surface area contributed by atoms with Gasteiger partial charge in [-0.1, -0.05) is 39.7 Å². The molecule has 1 heterocycles. The van der Waals surface area contributed by atoms with Gasteiger partial charge in [-0.05, 0) is 43.3 Å². The maximum absolute atomic E-state index is 12.1. The number of thiazole rings is 1. The Kier molecular flexibility index (Phi) is 5.73. The molecule has 0 aliphatic carbocycles. The molecule has 0 aliphatic heterocycles. The molecular formula is C18H14BrClN2O2S. The molecule has 1 N–H and O–H groups in total. The number of benzene rings is 2.